The molecular weight excluding hydrogens is 504 g/mol. The maximum absolute atomic E-state index is 13.7. The van der Waals surface area contributed by atoms with Crippen molar-refractivity contribution in [2.75, 3.05) is 26.3 Å². The van der Waals surface area contributed by atoms with Crippen LogP contribution in [0.4, 0.5) is 0 Å². The largest absolute Gasteiger partial charge is 0.379 e. The second-order valence-electron chi connectivity index (χ2n) is 9.59. The van der Waals surface area contributed by atoms with Gasteiger partial charge in [-0.05, 0) is 47.9 Å². The fraction of sp³-hybridized carbons (Fsp3) is 0.286. The number of pyridine rings is 1. The molecule has 1 aliphatic heterocycles. The minimum absolute atomic E-state index is 0.119. The lowest BCUT2D eigenvalue weighted by Gasteiger charge is -2.26. The molecule has 1 saturated heterocycles. The van der Waals surface area contributed by atoms with Crippen molar-refractivity contribution in [2.45, 2.75) is 25.9 Å². The van der Waals surface area contributed by atoms with Crippen molar-refractivity contribution in [1.29, 1.82) is 0 Å². The second kappa shape index (κ2) is 10.5. The average Bonchev–Trinajstić information content (AvgIpc) is 3.57. The lowest BCUT2D eigenvalue weighted by molar-refractivity contribution is 0.0342. The first-order valence-electron chi connectivity index (χ1n) is 12.7. The van der Waals surface area contributed by atoms with Gasteiger partial charge in [0.1, 0.15) is 17.7 Å². The van der Waals surface area contributed by atoms with Crippen LogP contribution in [0.25, 0.3) is 16.3 Å². The van der Waals surface area contributed by atoms with Crippen LogP contribution >= 0.6 is 11.6 Å². The molecule has 4 heterocycles. The Labute approximate surface area is 223 Å². The van der Waals surface area contributed by atoms with E-state index in [0.29, 0.717) is 43.0 Å². The van der Waals surface area contributed by atoms with Crippen molar-refractivity contribution in [3.63, 3.8) is 0 Å². The zero-order valence-corrected chi connectivity index (χ0v) is 21.5. The Morgan fingerprint density at radius 3 is 2.66 bits per heavy atom. The van der Waals surface area contributed by atoms with E-state index in [1.165, 1.54) is 6.33 Å². The van der Waals surface area contributed by atoms with Crippen molar-refractivity contribution in [2.24, 2.45) is 0 Å². The van der Waals surface area contributed by atoms with E-state index in [-0.39, 0.29) is 11.0 Å². The van der Waals surface area contributed by atoms with Gasteiger partial charge in [-0.15, -0.1) is 0 Å². The maximum Gasteiger partial charge on any atom is 0.257 e. The van der Waals surface area contributed by atoms with Gasteiger partial charge >= 0.3 is 0 Å². The number of carbonyl (C=O) groups is 1. The number of ether oxygens (including phenoxy) is 1. The number of carbonyl (C=O) groups excluding carboxylic acids is 1. The standard InChI is InChI=1S/C28H27ClN6O3/c29-21-3-1-18(2-4-21)14-30-28(37)24-16-35-22(5-6-25-31-17-32-33-25)13-20-11-19(12-23(26(20)35)27(24)36)15-34-7-9-38-10-8-34/h1-4,11-13,16-17H,5-10,14-15H2,(H,30,37)(H,31,32,33). The summed E-state index contributed by atoms with van der Waals surface area (Å²) in [4.78, 5) is 33.5. The number of halogens is 1. The van der Waals surface area contributed by atoms with Crippen LogP contribution in [0.1, 0.15) is 33.0 Å². The first kappa shape index (κ1) is 24.5. The zero-order chi connectivity index (χ0) is 26.1. The summed E-state index contributed by atoms with van der Waals surface area (Å²) in [6.45, 7) is 4.13. The molecule has 0 saturated carbocycles. The van der Waals surface area contributed by atoms with Gasteiger partial charge < -0.3 is 14.5 Å². The summed E-state index contributed by atoms with van der Waals surface area (Å²) >= 11 is 5.98. The lowest BCUT2D eigenvalue weighted by atomic mass is 10.0. The molecular formula is C28H27ClN6O3. The van der Waals surface area contributed by atoms with Crippen molar-refractivity contribution < 1.29 is 9.53 Å². The molecule has 38 heavy (non-hydrogen) atoms. The van der Waals surface area contributed by atoms with Crippen molar-refractivity contribution in [3.8, 4) is 0 Å². The monoisotopic (exact) mass is 530 g/mol. The number of aromatic nitrogens is 4. The fourth-order valence-electron chi connectivity index (χ4n) is 5.08. The number of morpholine rings is 1. The third-order valence-electron chi connectivity index (χ3n) is 7.02. The highest BCUT2D eigenvalue weighted by Crippen LogP contribution is 2.27. The fourth-order valence-corrected chi connectivity index (χ4v) is 5.21. The maximum atomic E-state index is 13.7. The van der Waals surface area contributed by atoms with E-state index in [4.69, 9.17) is 16.3 Å². The minimum Gasteiger partial charge on any atom is -0.379 e. The molecule has 194 valence electrons. The SMILES string of the molecule is O=C(NCc1ccc(Cl)cc1)c1cn2c(CCc3ncn[nH]3)cc3cc(CN4CCOCC4)cc(c1=O)c32. The Bertz CT molecular complexity index is 1630. The summed E-state index contributed by atoms with van der Waals surface area (Å²) in [6, 6.07) is 13.4. The molecule has 0 radical (unpaired) electrons. The number of hydrogen-bond donors (Lipinski definition) is 2. The zero-order valence-electron chi connectivity index (χ0n) is 20.7. The molecule has 0 atom stereocenters. The summed E-state index contributed by atoms with van der Waals surface area (Å²) in [5.41, 5.74) is 3.63. The number of nitrogens with zero attached hydrogens (tertiary/aromatic N) is 4. The smallest absolute Gasteiger partial charge is 0.257 e. The van der Waals surface area contributed by atoms with Gasteiger partial charge in [-0.2, -0.15) is 5.10 Å². The molecule has 0 bridgehead atoms. The van der Waals surface area contributed by atoms with E-state index in [2.05, 4.69) is 37.5 Å². The third kappa shape index (κ3) is 5.00. The second-order valence-corrected chi connectivity index (χ2v) is 10.0. The Balaban J connectivity index is 1.38. The van der Waals surface area contributed by atoms with E-state index in [0.717, 1.165) is 53.2 Å². The van der Waals surface area contributed by atoms with Gasteiger partial charge in [0.2, 0.25) is 5.43 Å². The van der Waals surface area contributed by atoms with Crippen LogP contribution in [-0.4, -0.2) is 56.7 Å². The molecule has 1 aliphatic rings. The third-order valence-corrected chi connectivity index (χ3v) is 7.27. The quantitative estimate of drug-likeness (QED) is 0.319. The average molecular weight is 531 g/mol. The van der Waals surface area contributed by atoms with Crippen LogP contribution < -0.4 is 10.7 Å². The van der Waals surface area contributed by atoms with Crippen LogP contribution in [0.3, 0.4) is 0 Å². The van der Waals surface area contributed by atoms with Gasteiger partial charge in [-0.3, -0.25) is 19.6 Å². The molecule has 9 nitrogen and oxygen atoms in total. The highest BCUT2D eigenvalue weighted by atomic mass is 35.5. The number of nitrogens with one attached hydrogen (secondary N) is 2. The van der Waals surface area contributed by atoms with E-state index < -0.39 is 5.91 Å². The lowest BCUT2D eigenvalue weighted by Crippen LogP contribution is -2.35. The van der Waals surface area contributed by atoms with E-state index in [1.54, 1.807) is 18.3 Å². The number of amides is 1. The number of aryl methyl sites for hydroxylation is 2. The van der Waals surface area contributed by atoms with E-state index >= 15 is 0 Å². The van der Waals surface area contributed by atoms with Gasteiger partial charge in [0.25, 0.3) is 5.91 Å². The predicted molar refractivity (Wildman–Crippen MR) is 145 cm³/mol. The first-order chi connectivity index (χ1) is 18.5. The van der Waals surface area contributed by atoms with Crippen LogP contribution in [0.2, 0.25) is 5.02 Å². The normalized spacial score (nSPS) is 14.4. The molecule has 0 aliphatic carbocycles. The molecule has 1 fully saturated rings. The van der Waals surface area contributed by atoms with E-state index in [9.17, 15) is 9.59 Å². The van der Waals surface area contributed by atoms with E-state index in [1.807, 2.05) is 22.6 Å². The Morgan fingerprint density at radius 1 is 1.08 bits per heavy atom. The number of H-pyrrole nitrogens is 1. The highest BCUT2D eigenvalue weighted by Gasteiger charge is 2.20. The number of benzene rings is 2. The summed E-state index contributed by atoms with van der Waals surface area (Å²) in [7, 11) is 0. The molecule has 3 aromatic heterocycles. The number of rotatable bonds is 8. The minimum atomic E-state index is -0.405. The topological polar surface area (TPSA) is 105 Å². The predicted octanol–water partition coefficient (Wildman–Crippen LogP) is 3.21. The molecule has 1 amide bonds. The molecule has 2 N–H and O–H groups in total. The van der Waals surface area contributed by atoms with Gasteiger partial charge in [0.05, 0.1) is 18.7 Å². The molecule has 10 heteroatoms. The number of aromatic amines is 1. The van der Waals surface area contributed by atoms with Crippen molar-refractivity contribution >= 4 is 33.8 Å². The van der Waals surface area contributed by atoms with Gasteiger partial charge in [-0.1, -0.05) is 23.7 Å². The first-order valence-corrected chi connectivity index (χ1v) is 13.0. The summed E-state index contributed by atoms with van der Waals surface area (Å²) < 4.78 is 7.47. The Morgan fingerprint density at radius 2 is 1.89 bits per heavy atom. The molecule has 5 aromatic rings. The summed E-state index contributed by atoms with van der Waals surface area (Å²) in [5.74, 6) is 0.380. The Hall–Kier alpha value is -3.79. The van der Waals surface area contributed by atoms with Crippen LogP contribution in [0.5, 0.6) is 0 Å². The van der Waals surface area contributed by atoms with Gasteiger partial charge in [-0.25, -0.2) is 4.98 Å². The summed E-state index contributed by atoms with van der Waals surface area (Å²) in [6.07, 6.45) is 4.50. The van der Waals surface area contributed by atoms with Gasteiger partial charge in [0, 0.05) is 60.3 Å². The molecule has 6 rings (SSSR count). The van der Waals surface area contributed by atoms with Crippen LogP contribution in [0, 0.1) is 0 Å². The molecule has 2 aromatic carbocycles. The van der Waals surface area contributed by atoms with Crippen LogP contribution in [0.15, 0.2) is 59.8 Å². The molecule has 0 unspecified atom stereocenters. The van der Waals surface area contributed by atoms with Crippen LogP contribution in [-0.2, 0) is 30.7 Å². The Kier molecular flexibility index (Phi) is 6.80. The molecule has 0 spiro atoms. The number of hydrogen-bond acceptors (Lipinski definition) is 6. The van der Waals surface area contributed by atoms with Crippen molar-refractivity contribution in [1.82, 2.24) is 29.8 Å². The highest BCUT2D eigenvalue weighted by molar-refractivity contribution is 6.30. The summed E-state index contributed by atoms with van der Waals surface area (Å²) in [5, 5.41) is 11.9. The van der Waals surface area contributed by atoms with Gasteiger partial charge in [0.15, 0.2) is 0 Å². The van der Waals surface area contributed by atoms with Crippen molar-refractivity contribution in [3.05, 3.63) is 98.4 Å².